The number of benzene rings is 1. The number of rotatable bonds is 4. The molecule has 0 bridgehead atoms. The number of likely N-dealkylation sites (tertiary alicyclic amines) is 1. The number of carbonyl (C=O) groups excluding carboxylic acids is 1. The first-order valence-corrected chi connectivity index (χ1v) is 11.2. The average Bonchev–Trinajstić information content (AvgIpc) is 3.26. The van der Waals surface area contributed by atoms with Crippen LogP contribution in [-0.4, -0.2) is 63.3 Å². The van der Waals surface area contributed by atoms with E-state index in [0.29, 0.717) is 23.7 Å². The fourth-order valence-electron chi connectivity index (χ4n) is 3.96. The second kappa shape index (κ2) is 7.61. The van der Waals surface area contributed by atoms with Gasteiger partial charge in [-0.15, -0.1) is 16.4 Å². The summed E-state index contributed by atoms with van der Waals surface area (Å²) in [6.45, 7) is 6.35. The molecule has 5 rings (SSSR count). The van der Waals surface area contributed by atoms with Gasteiger partial charge in [-0.05, 0) is 39.1 Å². The summed E-state index contributed by atoms with van der Waals surface area (Å²) >= 11 is 1.59. The number of anilines is 1. The Morgan fingerprint density at radius 3 is 2.87 bits per heavy atom. The molecule has 2 aliphatic rings. The highest BCUT2D eigenvalue weighted by Gasteiger charge is 2.27. The SMILES string of the molecule is CC(C)n1nc(N)nc1-c1nc2c(s1)CCOc1cc(C(=O)NC3CN(C)C3)ccc1-2. The molecule has 162 valence electrons. The molecule has 0 saturated carbocycles. The Hall–Kier alpha value is -2.98. The van der Waals surface area contributed by atoms with E-state index in [1.54, 1.807) is 16.0 Å². The fourth-order valence-corrected chi connectivity index (χ4v) is 5.00. The van der Waals surface area contributed by atoms with Crippen molar-refractivity contribution in [1.29, 1.82) is 0 Å². The molecule has 1 amide bonds. The van der Waals surface area contributed by atoms with Crippen LogP contribution in [0.3, 0.4) is 0 Å². The number of nitrogen functional groups attached to an aromatic ring is 1. The monoisotopic (exact) mass is 439 g/mol. The molecule has 1 saturated heterocycles. The molecule has 1 fully saturated rings. The molecular weight excluding hydrogens is 414 g/mol. The molecule has 0 aliphatic carbocycles. The highest BCUT2D eigenvalue weighted by molar-refractivity contribution is 7.15. The van der Waals surface area contributed by atoms with Crippen LogP contribution in [-0.2, 0) is 6.42 Å². The van der Waals surface area contributed by atoms with Crippen molar-refractivity contribution in [3.63, 3.8) is 0 Å². The number of thiazole rings is 1. The van der Waals surface area contributed by atoms with Gasteiger partial charge in [0.25, 0.3) is 5.91 Å². The first kappa shape index (κ1) is 20.0. The molecular formula is C21H25N7O2S. The van der Waals surface area contributed by atoms with Gasteiger partial charge in [0, 0.05) is 41.6 Å². The Morgan fingerprint density at radius 1 is 1.32 bits per heavy atom. The zero-order chi connectivity index (χ0) is 21.7. The number of fused-ring (bicyclic) bond motifs is 3. The minimum Gasteiger partial charge on any atom is -0.492 e. The molecule has 3 N–H and O–H groups in total. The summed E-state index contributed by atoms with van der Waals surface area (Å²) in [5.41, 5.74) is 8.21. The normalized spacial score (nSPS) is 16.3. The van der Waals surface area contributed by atoms with Crippen LogP contribution in [0, 0.1) is 0 Å². The molecule has 4 heterocycles. The van der Waals surface area contributed by atoms with Gasteiger partial charge in [-0.1, -0.05) is 0 Å². The van der Waals surface area contributed by atoms with Gasteiger partial charge in [0.2, 0.25) is 5.95 Å². The van der Waals surface area contributed by atoms with Crippen LogP contribution in [0.15, 0.2) is 18.2 Å². The van der Waals surface area contributed by atoms with Gasteiger partial charge in [0.15, 0.2) is 10.8 Å². The number of hydrogen-bond donors (Lipinski definition) is 2. The fraction of sp³-hybridized carbons (Fsp3) is 0.429. The number of likely N-dealkylation sites (N-methyl/N-ethyl adjacent to an activating group) is 1. The summed E-state index contributed by atoms with van der Waals surface area (Å²) < 4.78 is 7.78. The van der Waals surface area contributed by atoms with E-state index in [-0.39, 0.29) is 23.9 Å². The molecule has 31 heavy (non-hydrogen) atoms. The number of carbonyl (C=O) groups is 1. The summed E-state index contributed by atoms with van der Waals surface area (Å²) in [4.78, 5) is 25.2. The van der Waals surface area contributed by atoms with Crippen LogP contribution in [0.1, 0.15) is 35.1 Å². The van der Waals surface area contributed by atoms with Gasteiger partial charge in [-0.2, -0.15) is 4.98 Å². The van der Waals surface area contributed by atoms with Crippen LogP contribution in [0.25, 0.3) is 22.1 Å². The van der Waals surface area contributed by atoms with Crippen LogP contribution in [0.4, 0.5) is 5.95 Å². The lowest BCUT2D eigenvalue weighted by Crippen LogP contribution is -2.57. The Balaban J connectivity index is 1.47. The van der Waals surface area contributed by atoms with Crippen molar-refractivity contribution in [2.24, 2.45) is 0 Å². The lowest BCUT2D eigenvalue weighted by molar-refractivity contribution is 0.0857. The summed E-state index contributed by atoms with van der Waals surface area (Å²) in [6, 6.07) is 5.90. The molecule has 9 nitrogen and oxygen atoms in total. The Bertz CT molecular complexity index is 1150. The van der Waals surface area contributed by atoms with Crippen molar-refractivity contribution in [3.05, 3.63) is 28.6 Å². The van der Waals surface area contributed by atoms with Crippen molar-refractivity contribution >= 4 is 23.2 Å². The van der Waals surface area contributed by atoms with E-state index in [1.807, 2.05) is 39.1 Å². The molecule has 0 atom stereocenters. The molecule has 0 radical (unpaired) electrons. The maximum atomic E-state index is 12.6. The highest BCUT2D eigenvalue weighted by atomic mass is 32.1. The topological polar surface area (TPSA) is 111 Å². The van der Waals surface area contributed by atoms with Crippen molar-refractivity contribution in [2.45, 2.75) is 32.4 Å². The van der Waals surface area contributed by atoms with Crippen molar-refractivity contribution < 1.29 is 9.53 Å². The van der Waals surface area contributed by atoms with Gasteiger partial charge in [0.05, 0.1) is 18.3 Å². The van der Waals surface area contributed by atoms with Gasteiger partial charge < -0.3 is 20.7 Å². The average molecular weight is 440 g/mol. The van der Waals surface area contributed by atoms with E-state index in [0.717, 1.165) is 40.7 Å². The van der Waals surface area contributed by atoms with E-state index in [4.69, 9.17) is 15.5 Å². The number of aromatic nitrogens is 4. The van der Waals surface area contributed by atoms with Gasteiger partial charge in [0.1, 0.15) is 5.75 Å². The Kier molecular flexibility index (Phi) is 4.90. The van der Waals surface area contributed by atoms with E-state index in [1.165, 1.54) is 0 Å². The lowest BCUT2D eigenvalue weighted by Gasteiger charge is -2.36. The van der Waals surface area contributed by atoms with Crippen molar-refractivity contribution in [3.8, 4) is 27.8 Å². The van der Waals surface area contributed by atoms with E-state index >= 15 is 0 Å². The zero-order valence-corrected chi connectivity index (χ0v) is 18.6. The third kappa shape index (κ3) is 3.66. The van der Waals surface area contributed by atoms with Crippen molar-refractivity contribution in [1.82, 2.24) is 30.0 Å². The maximum Gasteiger partial charge on any atom is 0.251 e. The second-order valence-corrected chi connectivity index (χ2v) is 9.41. The highest BCUT2D eigenvalue weighted by Crippen LogP contribution is 2.40. The third-order valence-electron chi connectivity index (χ3n) is 5.51. The standard InChI is InChI=1S/C21H25N7O2S/c1-11(2)28-18(25-21(22)26-28)20-24-17-14-5-4-12(19(29)23-13-9-27(3)10-13)8-15(14)30-7-6-16(17)31-20/h4-5,8,11,13H,6-7,9-10H2,1-3H3,(H2,22,26)(H,23,29). The number of amides is 1. The first-order chi connectivity index (χ1) is 14.9. The van der Waals surface area contributed by atoms with E-state index in [9.17, 15) is 4.79 Å². The van der Waals surface area contributed by atoms with E-state index < -0.39 is 0 Å². The minimum atomic E-state index is -0.0755. The van der Waals surface area contributed by atoms with Crippen molar-refractivity contribution in [2.75, 3.05) is 32.5 Å². The second-order valence-electron chi connectivity index (χ2n) is 8.32. The molecule has 0 spiro atoms. The maximum absolute atomic E-state index is 12.6. The van der Waals surface area contributed by atoms with Gasteiger partial charge in [-0.3, -0.25) is 4.79 Å². The summed E-state index contributed by atoms with van der Waals surface area (Å²) in [5, 5.41) is 8.16. The first-order valence-electron chi connectivity index (χ1n) is 10.4. The molecule has 10 heteroatoms. The number of nitrogens with one attached hydrogen (secondary N) is 1. The lowest BCUT2D eigenvalue weighted by atomic mass is 10.0. The predicted molar refractivity (Wildman–Crippen MR) is 119 cm³/mol. The zero-order valence-electron chi connectivity index (χ0n) is 17.8. The van der Waals surface area contributed by atoms with Crippen LogP contribution >= 0.6 is 11.3 Å². The number of nitrogens with zero attached hydrogens (tertiary/aromatic N) is 5. The Morgan fingerprint density at radius 2 is 2.13 bits per heavy atom. The van der Waals surface area contributed by atoms with Gasteiger partial charge >= 0.3 is 0 Å². The minimum absolute atomic E-state index is 0.0755. The largest absolute Gasteiger partial charge is 0.492 e. The molecule has 2 aliphatic heterocycles. The summed E-state index contributed by atoms with van der Waals surface area (Å²) in [7, 11) is 2.04. The summed E-state index contributed by atoms with van der Waals surface area (Å²) in [5.74, 6) is 1.52. The smallest absolute Gasteiger partial charge is 0.251 e. The van der Waals surface area contributed by atoms with Gasteiger partial charge in [-0.25, -0.2) is 9.67 Å². The summed E-state index contributed by atoms with van der Waals surface area (Å²) in [6.07, 6.45) is 0.739. The Labute approximate surface area is 184 Å². The molecule has 3 aromatic rings. The number of ether oxygens (including phenoxy) is 1. The van der Waals surface area contributed by atoms with E-state index in [2.05, 4.69) is 20.3 Å². The van der Waals surface area contributed by atoms with Crippen LogP contribution in [0.2, 0.25) is 0 Å². The molecule has 2 aromatic heterocycles. The quantitative estimate of drug-likeness (QED) is 0.641. The number of nitrogens with two attached hydrogens (primary N) is 1. The number of hydrogen-bond acceptors (Lipinski definition) is 8. The van der Waals surface area contributed by atoms with Crippen LogP contribution < -0.4 is 15.8 Å². The third-order valence-corrected chi connectivity index (χ3v) is 6.62. The predicted octanol–water partition coefficient (Wildman–Crippen LogP) is 2.21. The van der Waals surface area contributed by atoms with Crippen LogP contribution in [0.5, 0.6) is 5.75 Å². The molecule has 0 unspecified atom stereocenters. The molecule has 1 aromatic carbocycles.